The lowest BCUT2D eigenvalue weighted by Crippen LogP contribution is -2.62. The van der Waals surface area contributed by atoms with Crippen molar-refractivity contribution in [2.24, 2.45) is 5.41 Å². The minimum atomic E-state index is -6.78. The number of halogens is 10. The summed E-state index contributed by atoms with van der Waals surface area (Å²) in [5, 5.41) is 0. The van der Waals surface area contributed by atoms with Crippen molar-refractivity contribution in [3.63, 3.8) is 0 Å². The van der Waals surface area contributed by atoms with Crippen molar-refractivity contribution < 1.29 is 43.9 Å². The fraction of sp³-hybridized carbons (Fsp3) is 1.00. The fourth-order valence-corrected chi connectivity index (χ4v) is 0.749. The predicted octanol–water partition coefficient (Wildman–Crippen LogP) is 4.41. The zero-order valence-corrected chi connectivity index (χ0v) is 8.28. The van der Waals surface area contributed by atoms with Gasteiger partial charge in [-0.25, -0.2) is 0 Å². The molecule has 17 heavy (non-hydrogen) atoms. The third-order valence-corrected chi connectivity index (χ3v) is 2.24. The van der Waals surface area contributed by atoms with Gasteiger partial charge in [0, 0.05) is 0 Å². The molecule has 0 heterocycles. The van der Waals surface area contributed by atoms with Crippen molar-refractivity contribution >= 4 is 0 Å². The van der Waals surface area contributed by atoms with Crippen molar-refractivity contribution in [1.82, 2.24) is 0 Å². The molecule has 104 valence electrons. The fourth-order valence-electron chi connectivity index (χ4n) is 0.749. The molecule has 0 aromatic carbocycles. The summed E-state index contributed by atoms with van der Waals surface area (Å²) in [6.45, 7) is -0.848. The summed E-state index contributed by atoms with van der Waals surface area (Å²) >= 11 is 0. The first-order chi connectivity index (χ1) is 7.00. The Hall–Kier alpha value is -0.700. The Morgan fingerprint density at radius 2 is 0.765 bits per heavy atom. The maximum atomic E-state index is 12.8. The van der Waals surface area contributed by atoms with Gasteiger partial charge in [-0.05, 0) is 13.8 Å². The molecule has 0 saturated heterocycles. The van der Waals surface area contributed by atoms with E-state index >= 15 is 0 Å². The van der Waals surface area contributed by atoms with Crippen LogP contribution in [0.5, 0.6) is 0 Å². The van der Waals surface area contributed by atoms with E-state index in [9.17, 15) is 43.9 Å². The van der Waals surface area contributed by atoms with Gasteiger partial charge in [-0.15, -0.1) is 0 Å². The van der Waals surface area contributed by atoms with Gasteiger partial charge in [0.25, 0.3) is 0 Å². The zero-order valence-electron chi connectivity index (χ0n) is 8.28. The van der Waals surface area contributed by atoms with E-state index < -0.39 is 43.5 Å². The molecular weight excluding hydrogens is 274 g/mol. The van der Waals surface area contributed by atoms with Crippen LogP contribution in [0.1, 0.15) is 13.8 Å². The van der Waals surface area contributed by atoms with Gasteiger partial charge >= 0.3 is 24.2 Å². The van der Waals surface area contributed by atoms with Crippen LogP contribution in [0.2, 0.25) is 0 Å². The molecule has 0 atom stereocenters. The van der Waals surface area contributed by atoms with Crippen molar-refractivity contribution in [3.05, 3.63) is 0 Å². The van der Waals surface area contributed by atoms with Crippen molar-refractivity contribution in [2.75, 3.05) is 0 Å². The van der Waals surface area contributed by atoms with Crippen molar-refractivity contribution in [1.29, 1.82) is 0 Å². The number of rotatable bonds is 2. The summed E-state index contributed by atoms with van der Waals surface area (Å²) in [5.74, 6) is -13.1. The third kappa shape index (κ3) is 2.17. The third-order valence-electron chi connectivity index (χ3n) is 2.24. The Balaban J connectivity index is 5.73. The maximum Gasteiger partial charge on any atom is 0.459 e. The molecule has 0 aliphatic carbocycles. The second-order valence-electron chi connectivity index (χ2n) is 3.77. The molecule has 0 N–H and O–H groups in total. The molecule has 0 saturated carbocycles. The smallest absolute Gasteiger partial charge is 0.198 e. The lowest BCUT2D eigenvalue weighted by Gasteiger charge is -2.40. The molecule has 0 rings (SSSR count). The Labute approximate surface area is 88.6 Å². The molecule has 0 bridgehead atoms. The van der Waals surface area contributed by atoms with E-state index in [0.717, 1.165) is 0 Å². The second-order valence-corrected chi connectivity index (χ2v) is 3.77. The van der Waals surface area contributed by atoms with E-state index in [4.69, 9.17) is 0 Å². The van der Waals surface area contributed by atoms with Gasteiger partial charge in [-0.1, -0.05) is 0 Å². The van der Waals surface area contributed by atoms with E-state index in [1.54, 1.807) is 0 Å². The average molecular weight is 280 g/mol. The molecule has 0 aliphatic rings. The second kappa shape index (κ2) is 3.64. The molecule has 0 aliphatic heterocycles. The Kier molecular flexibility index (Phi) is 3.49. The van der Waals surface area contributed by atoms with Crippen LogP contribution >= 0.6 is 0 Å². The van der Waals surface area contributed by atoms with Crippen LogP contribution in [0.15, 0.2) is 0 Å². The standard InChI is InChI=1S/C7H6F10/c1-3(2,6(12,13)14)4(8,9)5(10,11)7(15,16)17/h1-2H3. The van der Waals surface area contributed by atoms with E-state index in [-0.39, 0.29) is 0 Å². The molecule has 0 spiro atoms. The summed E-state index contributed by atoms with van der Waals surface area (Å²) in [7, 11) is 0. The summed E-state index contributed by atoms with van der Waals surface area (Å²) in [6.07, 6.45) is -12.7. The SMILES string of the molecule is CC(C)(C(F)(F)F)C(F)(F)C(F)(F)C(F)(F)F. The van der Waals surface area contributed by atoms with Crippen LogP contribution in [0, 0.1) is 5.41 Å². The quantitative estimate of drug-likeness (QED) is 0.657. The molecule has 0 unspecified atom stereocenters. The molecule has 0 radical (unpaired) electrons. The number of hydrogen-bond donors (Lipinski definition) is 0. The van der Waals surface area contributed by atoms with Crippen LogP contribution in [0.3, 0.4) is 0 Å². The highest BCUT2D eigenvalue weighted by Gasteiger charge is 2.81. The predicted molar refractivity (Wildman–Crippen MR) is 35.8 cm³/mol. The van der Waals surface area contributed by atoms with Gasteiger partial charge in [0.15, 0.2) is 0 Å². The van der Waals surface area contributed by atoms with Gasteiger partial charge in [0.2, 0.25) is 0 Å². The lowest BCUT2D eigenvalue weighted by atomic mass is 9.81. The van der Waals surface area contributed by atoms with Gasteiger partial charge in [-0.3, -0.25) is 0 Å². The normalized spacial score (nSPS) is 16.2. The highest BCUT2D eigenvalue weighted by Crippen LogP contribution is 2.59. The van der Waals surface area contributed by atoms with Crippen molar-refractivity contribution in [3.8, 4) is 0 Å². The van der Waals surface area contributed by atoms with Gasteiger partial charge < -0.3 is 0 Å². The molecule has 0 nitrogen and oxygen atoms in total. The Bertz CT molecular complexity index is 252. The molecule has 10 heteroatoms. The van der Waals surface area contributed by atoms with E-state index in [0.29, 0.717) is 0 Å². The highest BCUT2D eigenvalue weighted by molar-refractivity contribution is 5.03. The van der Waals surface area contributed by atoms with Crippen molar-refractivity contribution in [2.45, 2.75) is 38.0 Å². The summed E-state index contributed by atoms with van der Waals surface area (Å²) in [6, 6.07) is 0. The molecule has 0 fully saturated rings. The van der Waals surface area contributed by atoms with Gasteiger partial charge in [0.1, 0.15) is 5.41 Å². The highest BCUT2D eigenvalue weighted by atomic mass is 19.4. The van der Waals surface area contributed by atoms with E-state index in [1.807, 2.05) is 0 Å². The Morgan fingerprint density at radius 3 is 0.941 bits per heavy atom. The van der Waals surface area contributed by atoms with Crippen LogP contribution < -0.4 is 0 Å². The minimum Gasteiger partial charge on any atom is -0.198 e. The summed E-state index contributed by atoms with van der Waals surface area (Å²) < 4.78 is 121. The van der Waals surface area contributed by atoms with E-state index in [1.165, 1.54) is 0 Å². The van der Waals surface area contributed by atoms with Gasteiger partial charge in [0.05, 0.1) is 0 Å². The number of alkyl halides is 10. The largest absolute Gasteiger partial charge is 0.459 e. The molecule has 0 aromatic rings. The van der Waals surface area contributed by atoms with Crippen LogP contribution in [-0.2, 0) is 0 Å². The topological polar surface area (TPSA) is 0 Å². The maximum absolute atomic E-state index is 12.8. The van der Waals surface area contributed by atoms with E-state index in [2.05, 4.69) is 0 Å². The first kappa shape index (κ1) is 16.3. The number of hydrogen-bond acceptors (Lipinski definition) is 0. The Morgan fingerprint density at radius 1 is 0.471 bits per heavy atom. The zero-order chi connectivity index (χ0) is 14.5. The van der Waals surface area contributed by atoms with Crippen LogP contribution in [-0.4, -0.2) is 24.2 Å². The van der Waals surface area contributed by atoms with Gasteiger partial charge in [-0.2, -0.15) is 43.9 Å². The monoisotopic (exact) mass is 280 g/mol. The van der Waals surface area contributed by atoms with Crippen LogP contribution in [0.4, 0.5) is 43.9 Å². The van der Waals surface area contributed by atoms with Crippen LogP contribution in [0.25, 0.3) is 0 Å². The summed E-state index contributed by atoms with van der Waals surface area (Å²) in [4.78, 5) is 0. The summed E-state index contributed by atoms with van der Waals surface area (Å²) in [5.41, 5.74) is -4.53. The first-order valence-electron chi connectivity index (χ1n) is 3.89. The molecular formula is C7H6F10. The average Bonchev–Trinajstić information content (AvgIpc) is 1.98. The lowest BCUT2D eigenvalue weighted by molar-refractivity contribution is -0.406. The minimum absolute atomic E-state index is 0.424. The first-order valence-corrected chi connectivity index (χ1v) is 3.89. The molecule has 0 aromatic heterocycles. The molecule has 0 amide bonds.